The first kappa shape index (κ1) is 11.4. The van der Waals surface area contributed by atoms with Gasteiger partial charge in [0.2, 0.25) is 0 Å². The van der Waals surface area contributed by atoms with Crippen LogP contribution in [0.2, 0.25) is 0 Å². The molecule has 0 amide bonds. The predicted molar refractivity (Wildman–Crippen MR) is 57.1 cm³/mol. The Balaban J connectivity index is 0.000000980. The highest BCUT2D eigenvalue weighted by atomic mass is 35.5. The number of hydrogen-bond acceptors (Lipinski definition) is 4. The van der Waals surface area contributed by atoms with Crippen molar-refractivity contribution in [1.82, 2.24) is 14.9 Å². The third-order valence-electron chi connectivity index (χ3n) is 2.31. The second-order valence-corrected chi connectivity index (χ2v) is 3.48. The maximum Gasteiger partial charge on any atom is 0.0726 e. The fourth-order valence-corrected chi connectivity index (χ4v) is 1.65. The number of halogens is 1. The molecule has 1 aromatic heterocycles. The molecule has 14 heavy (non-hydrogen) atoms. The average molecular weight is 215 g/mol. The number of aromatic nitrogens is 2. The predicted octanol–water partition coefficient (Wildman–Crippen LogP) is 0.431. The van der Waals surface area contributed by atoms with E-state index < -0.39 is 0 Å². The van der Waals surface area contributed by atoms with Gasteiger partial charge in [-0.05, 0) is 6.42 Å². The monoisotopic (exact) mass is 214 g/mol. The van der Waals surface area contributed by atoms with E-state index in [1.54, 1.807) is 12.4 Å². The lowest BCUT2D eigenvalue weighted by Crippen LogP contribution is -2.26. The van der Waals surface area contributed by atoms with Gasteiger partial charge in [0, 0.05) is 44.3 Å². The highest BCUT2D eigenvalue weighted by Gasteiger charge is 2.18. The summed E-state index contributed by atoms with van der Waals surface area (Å²) >= 11 is 0. The van der Waals surface area contributed by atoms with Gasteiger partial charge in [-0.3, -0.25) is 14.9 Å². The first-order chi connectivity index (χ1) is 6.34. The van der Waals surface area contributed by atoms with Gasteiger partial charge in [0.25, 0.3) is 0 Å². The van der Waals surface area contributed by atoms with Gasteiger partial charge in [-0.2, -0.15) is 0 Å². The largest absolute Gasteiger partial charge is 0.326 e. The van der Waals surface area contributed by atoms with E-state index in [0.29, 0.717) is 6.04 Å². The maximum absolute atomic E-state index is 5.80. The van der Waals surface area contributed by atoms with Gasteiger partial charge >= 0.3 is 0 Å². The van der Waals surface area contributed by atoms with Crippen LogP contribution in [0.3, 0.4) is 0 Å². The minimum Gasteiger partial charge on any atom is -0.326 e. The lowest BCUT2D eigenvalue weighted by molar-refractivity contribution is 0.322. The number of nitrogens with two attached hydrogens (primary N) is 1. The third-order valence-corrected chi connectivity index (χ3v) is 2.31. The van der Waals surface area contributed by atoms with Gasteiger partial charge in [0.15, 0.2) is 0 Å². The van der Waals surface area contributed by atoms with Crippen LogP contribution in [0.15, 0.2) is 18.6 Å². The van der Waals surface area contributed by atoms with Crippen LogP contribution in [0.25, 0.3) is 0 Å². The molecular weight excluding hydrogens is 200 g/mol. The second-order valence-electron chi connectivity index (χ2n) is 3.48. The van der Waals surface area contributed by atoms with Gasteiger partial charge in [-0.1, -0.05) is 0 Å². The minimum atomic E-state index is 0. The molecule has 2 N–H and O–H groups in total. The smallest absolute Gasteiger partial charge is 0.0726 e. The summed E-state index contributed by atoms with van der Waals surface area (Å²) in [6, 6.07) is 0.344. The van der Waals surface area contributed by atoms with Crippen LogP contribution in [-0.4, -0.2) is 34.0 Å². The highest BCUT2D eigenvalue weighted by molar-refractivity contribution is 5.85. The Morgan fingerprint density at radius 3 is 2.93 bits per heavy atom. The van der Waals surface area contributed by atoms with Gasteiger partial charge in [0.05, 0.1) is 5.69 Å². The van der Waals surface area contributed by atoms with Crippen molar-refractivity contribution in [2.75, 3.05) is 13.1 Å². The van der Waals surface area contributed by atoms with Crippen LogP contribution >= 0.6 is 12.4 Å². The zero-order valence-electron chi connectivity index (χ0n) is 7.97. The molecule has 4 nitrogen and oxygen atoms in total. The number of rotatable bonds is 2. The van der Waals surface area contributed by atoms with Crippen LogP contribution in [0, 0.1) is 0 Å². The molecule has 5 heteroatoms. The van der Waals surface area contributed by atoms with E-state index in [1.807, 2.05) is 6.20 Å². The molecular formula is C9H15ClN4. The van der Waals surface area contributed by atoms with Crippen LogP contribution in [0.1, 0.15) is 12.1 Å². The minimum absolute atomic E-state index is 0. The highest BCUT2D eigenvalue weighted by Crippen LogP contribution is 2.09. The second kappa shape index (κ2) is 5.24. The molecule has 1 aliphatic rings. The Kier molecular flexibility index (Phi) is 4.25. The van der Waals surface area contributed by atoms with Crippen molar-refractivity contribution in [2.24, 2.45) is 5.73 Å². The summed E-state index contributed by atoms with van der Waals surface area (Å²) in [5.41, 5.74) is 6.83. The van der Waals surface area contributed by atoms with E-state index in [1.165, 1.54) is 0 Å². The van der Waals surface area contributed by atoms with E-state index in [9.17, 15) is 0 Å². The topological polar surface area (TPSA) is 55.0 Å². The number of nitrogens with zero attached hydrogens (tertiary/aromatic N) is 3. The van der Waals surface area contributed by atoms with Gasteiger partial charge < -0.3 is 5.73 Å². The summed E-state index contributed by atoms with van der Waals surface area (Å²) in [6.07, 6.45) is 6.33. The van der Waals surface area contributed by atoms with Gasteiger partial charge in [0.1, 0.15) is 0 Å². The Morgan fingerprint density at radius 1 is 1.50 bits per heavy atom. The fraction of sp³-hybridized carbons (Fsp3) is 0.556. The summed E-state index contributed by atoms with van der Waals surface area (Å²) in [5, 5.41) is 0. The molecule has 0 saturated carbocycles. The molecule has 0 bridgehead atoms. The van der Waals surface area contributed by atoms with Crippen molar-refractivity contribution in [3.63, 3.8) is 0 Å². The van der Waals surface area contributed by atoms with Crippen LogP contribution in [-0.2, 0) is 6.54 Å². The summed E-state index contributed by atoms with van der Waals surface area (Å²) in [6.45, 7) is 2.94. The van der Waals surface area contributed by atoms with Crippen molar-refractivity contribution >= 4 is 12.4 Å². The van der Waals surface area contributed by atoms with Crippen LogP contribution in [0.5, 0.6) is 0 Å². The quantitative estimate of drug-likeness (QED) is 0.776. The molecule has 1 unspecified atom stereocenters. The van der Waals surface area contributed by atoms with Crippen molar-refractivity contribution in [2.45, 2.75) is 19.0 Å². The lowest BCUT2D eigenvalue weighted by Gasteiger charge is -2.13. The van der Waals surface area contributed by atoms with Gasteiger partial charge in [-0.25, -0.2) is 0 Å². The number of likely N-dealkylation sites (tertiary alicyclic amines) is 1. The van der Waals surface area contributed by atoms with E-state index in [0.717, 1.165) is 31.7 Å². The van der Waals surface area contributed by atoms with E-state index >= 15 is 0 Å². The lowest BCUT2D eigenvalue weighted by atomic mass is 10.3. The average Bonchev–Trinajstić information content (AvgIpc) is 2.53. The molecule has 0 radical (unpaired) electrons. The standard InChI is InChI=1S/C9H14N4.ClH/c10-8-1-4-13(6-8)7-9-5-11-2-3-12-9;/h2-3,5,8H,1,4,6-7,10H2;1H. The molecule has 1 fully saturated rings. The first-order valence-electron chi connectivity index (χ1n) is 4.57. The molecule has 0 aromatic carbocycles. The van der Waals surface area contributed by atoms with Crippen molar-refractivity contribution in [1.29, 1.82) is 0 Å². The molecule has 0 aliphatic carbocycles. The van der Waals surface area contributed by atoms with E-state index in [-0.39, 0.29) is 12.4 Å². The SMILES string of the molecule is Cl.NC1CCN(Cc2cnccn2)C1. The molecule has 1 saturated heterocycles. The zero-order valence-corrected chi connectivity index (χ0v) is 8.78. The first-order valence-corrected chi connectivity index (χ1v) is 4.57. The Bertz CT molecular complexity index is 267. The van der Waals surface area contributed by atoms with Crippen molar-refractivity contribution in [3.8, 4) is 0 Å². The molecule has 1 atom stereocenters. The Morgan fingerprint density at radius 2 is 2.36 bits per heavy atom. The number of hydrogen-bond donors (Lipinski definition) is 1. The van der Waals surface area contributed by atoms with Crippen LogP contribution < -0.4 is 5.73 Å². The summed E-state index contributed by atoms with van der Waals surface area (Å²) in [5.74, 6) is 0. The molecule has 78 valence electrons. The van der Waals surface area contributed by atoms with Crippen molar-refractivity contribution in [3.05, 3.63) is 24.3 Å². The molecule has 1 aromatic rings. The summed E-state index contributed by atoms with van der Waals surface area (Å²) in [4.78, 5) is 10.6. The van der Waals surface area contributed by atoms with Gasteiger partial charge in [-0.15, -0.1) is 12.4 Å². The van der Waals surface area contributed by atoms with Crippen molar-refractivity contribution < 1.29 is 0 Å². The maximum atomic E-state index is 5.80. The van der Waals surface area contributed by atoms with E-state index in [2.05, 4.69) is 14.9 Å². The summed E-state index contributed by atoms with van der Waals surface area (Å²) in [7, 11) is 0. The third kappa shape index (κ3) is 2.90. The summed E-state index contributed by atoms with van der Waals surface area (Å²) < 4.78 is 0. The van der Waals surface area contributed by atoms with E-state index in [4.69, 9.17) is 5.73 Å². The molecule has 2 heterocycles. The van der Waals surface area contributed by atoms with Crippen LogP contribution in [0.4, 0.5) is 0 Å². The Labute approximate surface area is 89.9 Å². The molecule has 1 aliphatic heterocycles. The molecule has 0 spiro atoms. The fourth-order valence-electron chi connectivity index (χ4n) is 1.65. The Hall–Kier alpha value is -0.710. The molecule has 2 rings (SSSR count). The normalized spacial score (nSPS) is 21.9. The zero-order chi connectivity index (χ0) is 9.10.